The van der Waals surface area contributed by atoms with Crippen molar-refractivity contribution in [2.45, 2.75) is 26.9 Å². The molecule has 4 aromatic rings. The Morgan fingerprint density at radius 1 is 0.871 bits per heavy atom. The lowest BCUT2D eigenvalue weighted by atomic mass is 10.1. The number of piperazine rings is 1. The van der Waals surface area contributed by atoms with Gasteiger partial charge in [-0.3, -0.25) is 9.80 Å². The molecule has 1 aliphatic heterocycles. The number of hydrogen-bond acceptors (Lipinski definition) is 9. The van der Waals surface area contributed by atoms with Crippen molar-refractivity contribution in [2.75, 3.05) is 26.2 Å². The fraction of sp³-hybridized carbons (Fsp3) is 0.364. The van der Waals surface area contributed by atoms with Crippen LogP contribution in [0.3, 0.4) is 0 Å². The van der Waals surface area contributed by atoms with Crippen LogP contribution in [0.5, 0.6) is 0 Å². The monoisotopic (exact) mass is 420 g/mol. The van der Waals surface area contributed by atoms with Gasteiger partial charge in [-0.05, 0) is 13.8 Å². The third-order valence-electron chi connectivity index (χ3n) is 5.47. The van der Waals surface area contributed by atoms with Crippen LogP contribution < -0.4 is 0 Å². The van der Waals surface area contributed by atoms with E-state index in [2.05, 4.69) is 30.3 Å². The van der Waals surface area contributed by atoms with Crippen LogP contribution in [0.25, 0.3) is 22.7 Å². The number of aromatic nitrogens is 4. The lowest BCUT2D eigenvalue weighted by Gasteiger charge is -2.33. The average Bonchev–Trinajstić information content (AvgIpc) is 3.50. The van der Waals surface area contributed by atoms with Crippen LogP contribution >= 0.6 is 0 Å². The second-order valence-electron chi connectivity index (χ2n) is 7.82. The maximum atomic E-state index is 6.00. The molecule has 0 atom stereocenters. The third kappa shape index (κ3) is 4.28. The van der Waals surface area contributed by atoms with Crippen LogP contribution in [-0.2, 0) is 13.1 Å². The first kappa shape index (κ1) is 19.7. The molecule has 160 valence electrons. The van der Waals surface area contributed by atoms with Gasteiger partial charge in [0.1, 0.15) is 17.0 Å². The van der Waals surface area contributed by atoms with Crippen molar-refractivity contribution < 1.29 is 13.5 Å². The lowest BCUT2D eigenvalue weighted by Crippen LogP contribution is -2.45. The average molecular weight is 420 g/mol. The molecule has 31 heavy (non-hydrogen) atoms. The van der Waals surface area contributed by atoms with E-state index in [9.17, 15) is 0 Å². The molecule has 1 aliphatic rings. The van der Waals surface area contributed by atoms with Crippen LogP contribution in [0.15, 0.2) is 49.9 Å². The zero-order chi connectivity index (χ0) is 21.2. The summed E-state index contributed by atoms with van der Waals surface area (Å²) in [5, 5.41) is 16.7. The Balaban J connectivity index is 1.23. The van der Waals surface area contributed by atoms with Gasteiger partial charge in [-0.2, -0.15) is 0 Å². The molecular formula is C22H24N6O3. The van der Waals surface area contributed by atoms with Gasteiger partial charge in [0, 0.05) is 37.8 Å². The molecule has 0 radical (unpaired) electrons. The van der Waals surface area contributed by atoms with Crippen LogP contribution in [0.2, 0.25) is 0 Å². The van der Waals surface area contributed by atoms with Gasteiger partial charge in [0.05, 0.1) is 18.8 Å². The summed E-state index contributed by atoms with van der Waals surface area (Å²) in [6.45, 7) is 8.94. The van der Waals surface area contributed by atoms with Crippen molar-refractivity contribution in [1.29, 1.82) is 0 Å². The van der Waals surface area contributed by atoms with E-state index in [1.807, 2.05) is 50.2 Å². The van der Waals surface area contributed by atoms with E-state index in [4.69, 9.17) is 13.5 Å². The predicted molar refractivity (Wildman–Crippen MR) is 112 cm³/mol. The zero-order valence-corrected chi connectivity index (χ0v) is 17.6. The summed E-state index contributed by atoms with van der Waals surface area (Å²) in [7, 11) is 0. The number of aryl methyl sites for hydroxylation is 2. The Labute approximate surface area is 179 Å². The highest BCUT2D eigenvalue weighted by Crippen LogP contribution is 2.33. The van der Waals surface area contributed by atoms with Gasteiger partial charge >= 0.3 is 0 Å². The first-order valence-electron chi connectivity index (χ1n) is 10.4. The molecule has 4 heterocycles. The van der Waals surface area contributed by atoms with Crippen molar-refractivity contribution in [3.63, 3.8) is 0 Å². The van der Waals surface area contributed by atoms with Crippen LogP contribution in [0.1, 0.15) is 23.1 Å². The fourth-order valence-electron chi connectivity index (χ4n) is 3.84. The summed E-state index contributed by atoms with van der Waals surface area (Å²) >= 11 is 0. The lowest BCUT2D eigenvalue weighted by molar-refractivity contribution is 0.107. The Morgan fingerprint density at radius 3 is 2.32 bits per heavy atom. The Morgan fingerprint density at radius 2 is 1.61 bits per heavy atom. The Hall–Kier alpha value is -3.30. The maximum Gasteiger partial charge on any atom is 0.253 e. The highest BCUT2D eigenvalue weighted by Gasteiger charge is 2.24. The minimum atomic E-state index is 0.437. The minimum Gasteiger partial charge on any atom is -0.419 e. The summed E-state index contributed by atoms with van der Waals surface area (Å²) in [4.78, 5) is 4.68. The number of nitrogens with zero attached hydrogens (tertiary/aromatic N) is 6. The predicted octanol–water partition coefficient (Wildman–Crippen LogP) is 3.31. The molecule has 3 aromatic heterocycles. The molecule has 0 spiro atoms. The molecule has 1 aromatic carbocycles. The third-order valence-corrected chi connectivity index (χ3v) is 5.47. The van der Waals surface area contributed by atoms with E-state index in [1.165, 1.54) is 0 Å². The molecular weight excluding hydrogens is 396 g/mol. The maximum absolute atomic E-state index is 6.00. The van der Waals surface area contributed by atoms with Crippen LogP contribution in [0, 0.1) is 13.8 Å². The minimum absolute atomic E-state index is 0.437. The quantitative estimate of drug-likeness (QED) is 0.465. The molecule has 9 heteroatoms. The van der Waals surface area contributed by atoms with Gasteiger partial charge in [0.2, 0.25) is 5.89 Å². The highest BCUT2D eigenvalue weighted by molar-refractivity contribution is 5.77. The molecule has 0 aliphatic carbocycles. The zero-order valence-electron chi connectivity index (χ0n) is 17.6. The summed E-state index contributed by atoms with van der Waals surface area (Å²) < 4.78 is 16.7. The van der Waals surface area contributed by atoms with Gasteiger partial charge in [0.15, 0.2) is 5.76 Å². The molecule has 5 rings (SSSR count). The topological polar surface area (TPSA) is 97.5 Å². The van der Waals surface area contributed by atoms with Gasteiger partial charge in [-0.25, -0.2) is 0 Å². The number of benzene rings is 1. The second-order valence-corrected chi connectivity index (χ2v) is 7.82. The molecule has 0 saturated carbocycles. The van der Waals surface area contributed by atoms with Crippen molar-refractivity contribution in [3.05, 3.63) is 59.5 Å². The van der Waals surface area contributed by atoms with E-state index in [-0.39, 0.29) is 0 Å². The normalized spacial score (nSPS) is 15.5. The summed E-state index contributed by atoms with van der Waals surface area (Å²) in [5.41, 5.74) is 3.33. The van der Waals surface area contributed by atoms with Crippen molar-refractivity contribution in [2.24, 2.45) is 0 Å². The standard InChI is InChI=1S/C22H24N6O3/c1-15-12-18(31-25-15)13-27-8-10-28(11-9-27)14-19-23-24-22(29-19)20-16(2)30-26-21(20)17-6-4-3-5-7-17/h3-7,12H,8-11,13-14H2,1-2H3. The fourth-order valence-corrected chi connectivity index (χ4v) is 3.84. The van der Waals surface area contributed by atoms with Gasteiger partial charge in [-0.1, -0.05) is 40.6 Å². The second kappa shape index (κ2) is 8.44. The summed E-state index contributed by atoms with van der Waals surface area (Å²) in [6, 6.07) is 11.8. The van der Waals surface area contributed by atoms with E-state index in [1.54, 1.807) is 0 Å². The van der Waals surface area contributed by atoms with Crippen molar-refractivity contribution in [3.8, 4) is 22.7 Å². The highest BCUT2D eigenvalue weighted by atomic mass is 16.5. The van der Waals surface area contributed by atoms with Gasteiger partial charge in [-0.15, -0.1) is 10.2 Å². The van der Waals surface area contributed by atoms with E-state index < -0.39 is 0 Å². The van der Waals surface area contributed by atoms with Crippen molar-refractivity contribution >= 4 is 0 Å². The van der Waals surface area contributed by atoms with Gasteiger partial charge < -0.3 is 13.5 Å². The van der Waals surface area contributed by atoms with Crippen molar-refractivity contribution in [1.82, 2.24) is 30.3 Å². The van der Waals surface area contributed by atoms with E-state index in [0.29, 0.717) is 29.8 Å². The molecule has 0 unspecified atom stereocenters. The molecule has 1 saturated heterocycles. The smallest absolute Gasteiger partial charge is 0.253 e. The first-order chi connectivity index (χ1) is 15.2. The molecule has 0 amide bonds. The molecule has 0 N–H and O–H groups in total. The van der Waals surface area contributed by atoms with Crippen LogP contribution in [-0.4, -0.2) is 56.5 Å². The van der Waals surface area contributed by atoms with E-state index >= 15 is 0 Å². The first-order valence-corrected chi connectivity index (χ1v) is 10.4. The largest absolute Gasteiger partial charge is 0.419 e. The van der Waals surface area contributed by atoms with Gasteiger partial charge in [0.25, 0.3) is 5.89 Å². The molecule has 1 fully saturated rings. The Kier molecular flexibility index (Phi) is 5.35. The SMILES string of the molecule is Cc1cc(CN2CCN(Cc3nnc(-c4c(-c5ccccc5)noc4C)o3)CC2)on1. The molecule has 0 bridgehead atoms. The molecule has 9 nitrogen and oxygen atoms in total. The van der Waals surface area contributed by atoms with E-state index in [0.717, 1.165) is 55.3 Å². The number of hydrogen-bond donors (Lipinski definition) is 0. The summed E-state index contributed by atoms with van der Waals surface area (Å²) in [5.74, 6) is 2.59. The summed E-state index contributed by atoms with van der Waals surface area (Å²) in [6.07, 6.45) is 0. The Bertz CT molecular complexity index is 1140. The number of rotatable bonds is 6. The van der Waals surface area contributed by atoms with Crippen LogP contribution in [0.4, 0.5) is 0 Å².